The maximum Gasteiger partial charge on any atom is 0.0608 e. The van der Waals surface area contributed by atoms with Crippen molar-refractivity contribution in [2.45, 2.75) is 51.3 Å². The molecule has 0 amide bonds. The minimum Gasteiger partial charge on any atom is -0.390 e. The molecule has 1 aliphatic rings. The summed E-state index contributed by atoms with van der Waals surface area (Å²) in [5.74, 6) is 0.699. The van der Waals surface area contributed by atoms with Crippen LogP contribution in [-0.2, 0) is 6.54 Å². The summed E-state index contributed by atoms with van der Waals surface area (Å²) in [6.45, 7) is 4.53. The van der Waals surface area contributed by atoms with Crippen LogP contribution in [0.1, 0.15) is 44.7 Å². The smallest absolute Gasteiger partial charge is 0.0608 e. The Balaban J connectivity index is 1.91. The van der Waals surface area contributed by atoms with Gasteiger partial charge in [-0.1, -0.05) is 0 Å². The second-order valence-electron chi connectivity index (χ2n) is 5.61. The molecule has 1 aliphatic carbocycles. The fourth-order valence-corrected chi connectivity index (χ4v) is 1.93. The van der Waals surface area contributed by atoms with Crippen molar-refractivity contribution < 1.29 is 5.11 Å². The van der Waals surface area contributed by atoms with Crippen LogP contribution in [0.3, 0.4) is 0 Å². The Labute approximate surface area is 97.3 Å². The van der Waals surface area contributed by atoms with Crippen molar-refractivity contribution in [3.8, 4) is 0 Å². The van der Waals surface area contributed by atoms with Gasteiger partial charge >= 0.3 is 0 Å². The predicted molar refractivity (Wildman–Crippen MR) is 65.0 cm³/mol. The van der Waals surface area contributed by atoms with Gasteiger partial charge in [-0.3, -0.25) is 0 Å². The normalized spacial score (nSPS) is 18.8. The summed E-state index contributed by atoms with van der Waals surface area (Å²) in [5, 5.41) is 9.66. The number of aliphatic hydroxyl groups is 1. The molecule has 3 nitrogen and oxygen atoms in total. The zero-order valence-electron chi connectivity index (χ0n) is 10.2. The number of nitrogens with zero attached hydrogens (tertiary/aromatic N) is 1. The molecule has 0 aliphatic heterocycles. The molecule has 3 heteroatoms. The first kappa shape index (κ1) is 11.7. The number of rotatable bonds is 5. The van der Waals surface area contributed by atoms with E-state index in [1.54, 1.807) is 0 Å². The van der Waals surface area contributed by atoms with Crippen LogP contribution in [0.25, 0.3) is 0 Å². The Hall–Kier alpha value is -0.800. The highest BCUT2D eigenvalue weighted by Crippen LogP contribution is 2.39. The fraction of sp³-hybridized carbons (Fsp3) is 0.692. The zero-order valence-corrected chi connectivity index (χ0v) is 10.2. The highest BCUT2D eigenvalue weighted by atomic mass is 16.3. The van der Waals surface area contributed by atoms with Crippen LogP contribution in [0.4, 0.5) is 0 Å². The van der Waals surface area contributed by atoms with Crippen LogP contribution in [0, 0.1) is 5.92 Å². The summed E-state index contributed by atoms with van der Waals surface area (Å²) in [6, 6.07) is 2.32. The van der Waals surface area contributed by atoms with Gasteiger partial charge < -0.3 is 15.4 Å². The molecular weight excluding hydrogens is 200 g/mol. The zero-order chi connectivity index (χ0) is 11.8. The molecule has 0 aromatic carbocycles. The van der Waals surface area contributed by atoms with E-state index in [1.807, 2.05) is 13.8 Å². The Morgan fingerprint density at radius 2 is 2.25 bits per heavy atom. The lowest BCUT2D eigenvalue weighted by atomic mass is 10.1. The third kappa shape index (κ3) is 3.09. The van der Waals surface area contributed by atoms with Gasteiger partial charge in [-0.05, 0) is 50.7 Å². The molecule has 16 heavy (non-hydrogen) atoms. The van der Waals surface area contributed by atoms with E-state index in [9.17, 15) is 5.11 Å². The van der Waals surface area contributed by atoms with Gasteiger partial charge in [-0.25, -0.2) is 0 Å². The molecule has 1 saturated carbocycles. The molecule has 0 bridgehead atoms. The van der Waals surface area contributed by atoms with Crippen LogP contribution in [0.15, 0.2) is 18.5 Å². The highest BCUT2D eigenvalue weighted by Gasteiger charge is 2.29. The van der Waals surface area contributed by atoms with Gasteiger partial charge in [0.15, 0.2) is 0 Å². The van der Waals surface area contributed by atoms with Crippen LogP contribution in [0.2, 0.25) is 0 Å². The predicted octanol–water partition coefficient (Wildman–Crippen LogP) is 2.06. The van der Waals surface area contributed by atoms with Crippen LogP contribution in [0.5, 0.6) is 0 Å². The van der Waals surface area contributed by atoms with Crippen molar-refractivity contribution in [1.82, 2.24) is 4.57 Å². The van der Waals surface area contributed by atoms with Crippen molar-refractivity contribution in [1.29, 1.82) is 0 Å². The first-order chi connectivity index (χ1) is 7.46. The largest absolute Gasteiger partial charge is 0.390 e. The van der Waals surface area contributed by atoms with E-state index >= 15 is 0 Å². The third-order valence-corrected chi connectivity index (χ3v) is 3.27. The molecule has 1 fully saturated rings. The average molecular weight is 222 g/mol. The van der Waals surface area contributed by atoms with Gasteiger partial charge in [0.25, 0.3) is 0 Å². The average Bonchev–Trinajstić information content (AvgIpc) is 2.92. The lowest BCUT2D eigenvalue weighted by Gasteiger charge is -2.17. The summed E-state index contributed by atoms with van der Waals surface area (Å²) in [6.07, 6.45) is 7.49. The van der Waals surface area contributed by atoms with Crippen molar-refractivity contribution >= 4 is 0 Å². The number of hydrogen-bond donors (Lipinski definition) is 2. The quantitative estimate of drug-likeness (QED) is 0.801. The first-order valence-corrected chi connectivity index (χ1v) is 6.09. The summed E-state index contributed by atoms with van der Waals surface area (Å²) < 4.78 is 2.12. The summed E-state index contributed by atoms with van der Waals surface area (Å²) in [4.78, 5) is 0. The van der Waals surface area contributed by atoms with E-state index < -0.39 is 5.60 Å². The van der Waals surface area contributed by atoms with Crippen LogP contribution >= 0.6 is 0 Å². The first-order valence-electron chi connectivity index (χ1n) is 6.09. The Morgan fingerprint density at radius 3 is 2.81 bits per heavy atom. The standard InChI is InChI=1S/C13H22N2O/c1-13(2,16)6-8-15-7-5-11(9-15)12(14)10-3-4-10/h5,7,9-10,12,16H,3-4,6,8,14H2,1-2H3. The maximum atomic E-state index is 9.66. The van der Waals surface area contributed by atoms with Crippen molar-refractivity contribution in [2.75, 3.05) is 0 Å². The van der Waals surface area contributed by atoms with Gasteiger partial charge in [0.05, 0.1) is 5.60 Å². The van der Waals surface area contributed by atoms with Crippen molar-refractivity contribution in [3.63, 3.8) is 0 Å². The Morgan fingerprint density at radius 1 is 1.56 bits per heavy atom. The van der Waals surface area contributed by atoms with Gasteiger partial charge in [0, 0.05) is 25.0 Å². The molecule has 3 N–H and O–H groups in total. The second-order valence-corrected chi connectivity index (χ2v) is 5.61. The van der Waals surface area contributed by atoms with E-state index in [1.165, 1.54) is 18.4 Å². The van der Waals surface area contributed by atoms with Gasteiger partial charge in [-0.15, -0.1) is 0 Å². The minimum absolute atomic E-state index is 0.211. The second kappa shape index (κ2) is 4.22. The van der Waals surface area contributed by atoms with Crippen LogP contribution < -0.4 is 5.73 Å². The molecule has 1 unspecified atom stereocenters. The molecule has 90 valence electrons. The molecule has 1 aromatic rings. The van der Waals surface area contributed by atoms with Gasteiger partial charge in [0.1, 0.15) is 0 Å². The van der Waals surface area contributed by atoms with E-state index in [4.69, 9.17) is 5.73 Å². The summed E-state index contributed by atoms with van der Waals surface area (Å²) in [5.41, 5.74) is 6.77. The van der Waals surface area contributed by atoms with Crippen molar-refractivity contribution in [2.24, 2.45) is 11.7 Å². The molecule has 2 rings (SSSR count). The monoisotopic (exact) mass is 222 g/mol. The highest BCUT2D eigenvalue weighted by molar-refractivity contribution is 5.17. The summed E-state index contributed by atoms with van der Waals surface area (Å²) >= 11 is 0. The molecule has 1 atom stereocenters. The topological polar surface area (TPSA) is 51.2 Å². The lowest BCUT2D eigenvalue weighted by molar-refractivity contribution is 0.0662. The minimum atomic E-state index is -0.594. The molecule has 1 aromatic heterocycles. The maximum absolute atomic E-state index is 9.66. The SMILES string of the molecule is CC(C)(O)CCn1ccc(C(N)C2CC2)c1. The Kier molecular flexibility index (Phi) is 3.08. The van der Waals surface area contributed by atoms with E-state index in [-0.39, 0.29) is 6.04 Å². The lowest BCUT2D eigenvalue weighted by Crippen LogP contribution is -2.20. The van der Waals surface area contributed by atoms with Gasteiger partial charge in [0.2, 0.25) is 0 Å². The molecule has 0 spiro atoms. The number of aryl methyl sites for hydroxylation is 1. The molecular formula is C13H22N2O. The number of hydrogen-bond acceptors (Lipinski definition) is 2. The molecule has 1 heterocycles. The number of aromatic nitrogens is 1. The fourth-order valence-electron chi connectivity index (χ4n) is 1.93. The van der Waals surface area contributed by atoms with Crippen LogP contribution in [-0.4, -0.2) is 15.3 Å². The van der Waals surface area contributed by atoms with Gasteiger partial charge in [-0.2, -0.15) is 0 Å². The van der Waals surface area contributed by atoms with E-state index in [0.717, 1.165) is 13.0 Å². The van der Waals surface area contributed by atoms with Crippen molar-refractivity contribution in [3.05, 3.63) is 24.0 Å². The number of nitrogens with two attached hydrogens (primary N) is 1. The Bertz CT molecular complexity index is 347. The van der Waals surface area contributed by atoms with E-state index in [2.05, 4.69) is 23.0 Å². The molecule has 0 radical (unpaired) electrons. The summed E-state index contributed by atoms with van der Waals surface area (Å²) in [7, 11) is 0. The van der Waals surface area contributed by atoms with E-state index in [0.29, 0.717) is 5.92 Å². The molecule has 0 saturated heterocycles. The third-order valence-electron chi connectivity index (χ3n) is 3.27.